The van der Waals surface area contributed by atoms with E-state index in [1.54, 1.807) is 30.3 Å². The highest BCUT2D eigenvalue weighted by Gasteiger charge is 2.12. The largest absolute Gasteiger partial charge is 0.493 e. The van der Waals surface area contributed by atoms with Gasteiger partial charge in [-0.15, -0.1) is 0 Å². The van der Waals surface area contributed by atoms with Crippen molar-refractivity contribution < 1.29 is 14.3 Å². The van der Waals surface area contributed by atoms with Crippen LogP contribution in [-0.4, -0.2) is 25.2 Å². The Hall–Kier alpha value is -2.31. The molecule has 0 aliphatic carbocycles. The molecule has 126 valence electrons. The van der Waals surface area contributed by atoms with Gasteiger partial charge in [-0.25, -0.2) is 0 Å². The minimum absolute atomic E-state index is 0.181. The van der Waals surface area contributed by atoms with Crippen molar-refractivity contribution in [3.8, 4) is 11.5 Å². The summed E-state index contributed by atoms with van der Waals surface area (Å²) in [6, 6.07) is 10.3. The number of nitrogens with one attached hydrogen (secondary N) is 2. The molecule has 24 heavy (non-hydrogen) atoms. The molecule has 0 heterocycles. The molecule has 2 aromatic carbocycles. The molecule has 0 spiro atoms. The summed E-state index contributed by atoms with van der Waals surface area (Å²) in [5.74, 6) is 0.659. The van der Waals surface area contributed by atoms with Crippen LogP contribution in [-0.2, 0) is 0 Å². The second-order valence-electron chi connectivity index (χ2n) is 4.94. The first-order valence-corrected chi connectivity index (χ1v) is 7.83. The molecule has 5 nitrogen and oxygen atoms in total. The van der Waals surface area contributed by atoms with E-state index in [1.807, 2.05) is 13.0 Å². The summed E-state index contributed by atoms with van der Waals surface area (Å²) in [5, 5.41) is 6.35. The number of hydrogen-bond acceptors (Lipinski definition) is 4. The Kier molecular flexibility index (Phi) is 6.00. The summed E-state index contributed by atoms with van der Waals surface area (Å²) >= 11 is 11.2. The third-order valence-corrected chi connectivity index (χ3v) is 3.76. The van der Waals surface area contributed by atoms with E-state index in [9.17, 15) is 4.79 Å². The molecule has 0 aliphatic heterocycles. The van der Waals surface area contributed by atoms with E-state index in [0.29, 0.717) is 22.1 Å². The minimum atomic E-state index is -0.354. The van der Waals surface area contributed by atoms with Crippen LogP contribution < -0.4 is 20.1 Å². The number of benzene rings is 2. The number of halogens is 1. The van der Waals surface area contributed by atoms with Gasteiger partial charge in [0.05, 0.1) is 14.2 Å². The summed E-state index contributed by atoms with van der Waals surface area (Å²) in [6.45, 7) is 1.91. The van der Waals surface area contributed by atoms with Gasteiger partial charge in [-0.3, -0.25) is 10.1 Å². The fraction of sp³-hybridized carbons (Fsp3) is 0.176. The first-order chi connectivity index (χ1) is 11.4. The van der Waals surface area contributed by atoms with Crippen LogP contribution in [0.15, 0.2) is 36.4 Å². The van der Waals surface area contributed by atoms with Gasteiger partial charge in [-0.1, -0.05) is 17.7 Å². The van der Waals surface area contributed by atoms with Crippen LogP contribution in [0.4, 0.5) is 5.69 Å². The zero-order valence-corrected chi connectivity index (χ0v) is 15.0. The lowest BCUT2D eigenvalue weighted by Gasteiger charge is -2.13. The van der Waals surface area contributed by atoms with Gasteiger partial charge in [-0.05, 0) is 55.0 Å². The van der Waals surface area contributed by atoms with Crippen LogP contribution in [0.25, 0.3) is 0 Å². The summed E-state index contributed by atoms with van der Waals surface area (Å²) in [6.07, 6.45) is 0. The lowest BCUT2D eigenvalue weighted by molar-refractivity contribution is 0.0977. The highest BCUT2D eigenvalue weighted by molar-refractivity contribution is 7.80. The number of carbonyl (C=O) groups excluding carboxylic acids is 1. The van der Waals surface area contributed by atoms with E-state index >= 15 is 0 Å². The summed E-state index contributed by atoms with van der Waals surface area (Å²) in [4.78, 5) is 12.3. The molecular formula is C17H17ClN2O3S. The summed E-state index contributed by atoms with van der Waals surface area (Å²) < 4.78 is 10.3. The van der Waals surface area contributed by atoms with Gasteiger partial charge in [0.1, 0.15) is 0 Å². The Morgan fingerprint density at radius 1 is 1.08 bits per heavy atom. The fourth-order valence-electron chi connectivity index (χ4n) is 2.04. The van der Waals surface area contributed by atoms with Gasteiger partial charge in [-0.2, -0.15) is 0 Å². The molecule has 2 rings (SSSR count). The second kappa shape index (κ2) is 7.99. The second-order valence-corrected chi connectivity index (χ2v) is 5.78. The molecule has 0 unspecified atom stereocenters. The van der Waals surface area contributed by atoms with Crippen LogP contribution in [0.5, 0.6) is 11.5 Å². The molecule has 0 saturated carbocycles. The predicted molar refractivity (Wildman–Crippen MR) is 99.4 cm³/mol. The highest BCUT2D eigenvalue weighted by Crippen LogP contribution is 2.27. The van der Waals surface area contributed by atoms with E-state index < -0.39 is 0 Å². The first-order valence-electron chi connectivity index (χ1n) is 7.05. The lowest BCUT2D eigenvalue weighted by atomic mass is 10.2. The SMILES string of the molecule is COc1ccc(C(=O)NC(=S)Nc2cc(Cl)ccc2C)cc1OC. The number of anilines is 1. The van der Waals surface area contributed by atoms with E-state index in [1.165, 1.54) is 14.2 Å². The van der Waals surface area contributed by atoms with Crippen LogP contribution in [0.1, 0.15) is 15.9 Å². The third-order valence-electron chi connectivity index (χ3n) is 3.32. The van der Waals surface area contributed by atoms with E-state index in [4.69, 9.17) is 33.3 Å². The maximum Gasteiger partial charge on any atom is 0.257 e. The number of hydrogen-bond donors (Lipinski definition) is 2. The van der Waals surface area contributed by atoms with Crippen molar-refractivity contribution in [1.29, 1.82) is 0 Å². The molecule has 1 amide bonds. The quantitative estimate of drug-likeness (QED) is 0.808. The normalized spacial score (nSPS) is 10.0. The molecule has 0 atom stereocenters. The van der Waals surface area contributed by atoms with Gasteiger partial charge in [0.25, 0.3) is 5.91 Å². The van der Waals surface area contributed by atoms with Gasteiger partial charge >= 0.3 is 0 Å². The van der Waals surface area contributed by atoms with Gasteiger partial charge in [0, 0.05) is 16.3 Å². The summed E-state index contributed by atoms with van der Waals surface area (Å²) in [7, 11) is 3.04. The third kappa shape index (κ3) is 4.37. The number of amides is 1. The van der Waals surface area contributed by atoms with Crippen molar-refractivity contribution in [2.75, 3.05) is 19.5 Å². The van der Waals surface area contributed by atoms with E-state index in [2.05, 4.69) is 10.6 Å². The molecule has 2 aromatic rings. The van der Waals surface area contributed by atoms with Crippen molar-refractivity contribution in [3.63, 3.8) is 0 Å². The highest BCUT2D eigenvalue weighted by atomic mass is 35.5. The molecule has 7 heteroatoms. The van der Waals surface area contributed by atoms with Gasteiger partial charge in [0.15, 0.2) is 16.6 Å². The molecular weight excluding hydrogens is 348 g/mol. The summed E-state index contributed by atoms with van der Waals surface area (Å²) in [5.41, 5.74) is 2.10. The number of thiocarbonyl (C=S) groups is 1. The first kappa shape index (κ1) is 18.0. The molecule has 0 aliphatic rings. The zero-order valence-electron chi connectivity index (χ0n) is 13.5. The molecule has 0 aromatic heterocycles. The number of ether oxygens (including phenoxy) is 2. The minimum Gasteiger partial charge on any atom is -0.493 e. The number of methoxy groups -OCH3 is 2. The van der Waals surface area contributed by atoms with Crippen molar-refractivity contribution in [1.82, 2.24) is 5.32 Å². The van der Waals surface area contributed by atoms with Crippen LogP contribution in [0.2, 0.25) is 5.02 Å². The van der Waals surface area contributed by atoms with Gasteiger partial charge < -0.3 is 14.8 Å². The number of rotatable bonds is 4. The van der Waals surface area contributed by atoms with Crippen LogP contribution in [0.3, 0.4) is 0 Å². The topological polar surface area (TPSA) is 59.6 Å². The van der Waals surface area contributed by atoms with Crippen LogP contribution >= 0.6 is 23.8 Å². The smallest absolute Gasteiger partial charge is 0.257 e. The standard InChI is InChI=1S/C17H17ClN2O3S/c1-10-4-6-12(18)9-13(10)19-17(24)20-16(21)11-5-7-14(22-2)15(8-11)23-3/h4-9H,1-3H3,(H2,19,20,21,24). The number of carbonyl (C=O) groups is 1. The van der Waals surface area contributed by atoms with Gasteiger partial charge in [0.2, 0.25) is 0 Å². The zero-order chi connectivity index (χ0) is 17.7. The van der Waals surface area contributed by atoms with Crippen molar-refractivity contribution in [2.24, 2.45) is 0 Å². The average molecular weight is 365 g/mol. The molecule has 2 N–H and O–H groups in total. The predicted octanol–water partition coefficient (Wildman–Crippen LogP) is 3.79. The molecule has 0 saturated heterocycles. The Balaban J connectivity index is 2.09. The maximum absolute atomic E-state index is 12.3. The fourth-order valence-corrected chi connectivity index (χ4v) is 2.41. The Morgan fingerprint density at radius 2 is 1.79 bits per heavy atom. The van der Waals surface area contributed by atoms with Crippen LogP contribution in [0, 0.1) is 6.92 Å². The van der Waals surface area contributed by atoms with E-state index in [-0.39, 0.29) is 11.0 Å². The Morgan fingerprint density at radius 3 is 2.46 bits per heavy atom. The molecule has 0 radical (unpaired) electrons. The van der Waals surface area contributed by atoms with Crippen molar-refractivity contribution in [3.05, 3.63) is 52.5 Å². The van der Waals surface area contributed by atoms with Crippen molar-refractivity contribution >= 4 is 40.5 Å². The lowest BCUT2D eigenvalue weighted by Crippen LogP contribution is -2.34. The average Bonchev–Trinajstić information content (AvgIpc) is 2.57. The Bertz CT molecular complexity index is 780. The number of aryl methyl sites for hydroxylation is 1. The molecule has 0 bridgehead atoms. The Labute approximate surface area is 150 Å². The molecule has 0 fully saturated rings. The van der Waals surface area contributed by atoms with E-state index in [0.717, 1.165) is 11.3 Å². The monoisotopic (exact) mass is 364 g/mol. The van der Waals surface area contributed by atoms with Crippen molar-refractivity contribution in [2.45, 2.75) is 6.92 Å². The maximum atomic E-state index is 12.3.